The fourth-order valence-electron chi connectivity index (χ4n) is 1.60. The maximum atomic E-state index is 11.5. The van der Waals surface area contributed by atoms with Crippen molar-refractivity contribution in [3.63, 3.8) is 0 Å². The van der Waals surface area contributed by atoms with Crippen LogP contribution in [0.5, 0.6) is 5.75 Å². The number of nitrogens with one attached hydrogen (secondary N) is 1. The number of carbonyl (C=O) groups excluding carboxylic acids is 1. The minimum Gasteiger partial charge on any atom is -0.492 e. The summed E-state index contributed by atoms with van der Waals surface area (Å²) in [6.07, 6.45) is 1.21. The van der Waals surface area contributed by atoms with Gasteiger partial charge in [-0.1, -0.05) is 12.1 Å². The Morgan fingerprint density at radius 1 is 1.30 bits per heavy atom. The van der Waals surface area contributed by atoms with Gasteiger partial charge in [-0.25, -0.2) is 0 Å². The van der Waals surface area contributed by atoms with Gasteiger partial charge in [-0.2, -0.15) is 0 Å². The van der Waals surface area contributed by atoms with E-state index in [4.69, 9.17) is 10.5 Å². The lowest BCUT2D eigenvalue weighted by Crippen LogP contribution is -2.23. The summed E-state index contributed by atoms with van der Waals surface area (Å²) >= 11 is 0. The van der Waals surface area contributed by atoms with Crippen LogP contribution in [0.4, 0.5) is 0 Å². The van der Waals surface area contributed by atoms with Crippen molar-refractivity contribution in [2.75, 3.05) is 33.8 Å². The second kappa shape index (κ2) is 9.34. The van der Waals surface area contributed by atoms with E-state index in [1.807, 2.05) is 38.4 Å². The Balaban J connectivity index is 2.29. The van der Waals surface area contributed by atoms with Crippen LogP contribution in [0.1, 0.15) is 18.4 Å². The molecule has 0 atom stereocenters. The van der Waals surface area contributed by atoms with Crippen molar-refractivity contribution in [2.24, 2.45) is 5.73 Å². The van der Waals surface area contributed by atoms with Gasteiger partial charge in [-0.15, -0.1) is 0 Å². The number of likely N-dealkylation sites (N-methyl/N-ethyl adjacent to an activating group) is 1. The fourth-order valence-corrected chi connectivity index (χ4v) is 1.60. The summed E-state index contributed by atoms with van der Waals surface area (Å²) in [4.78, 5) is 13.5. The summed E-state index contributed by atoms with van der Waals surface area (Å²) in [5.74, 6) is 0.895. The molecule has 0 aliphatic heterocycles. The molecule has 5 nitrogen and oxygen atoms in total. The molecule has 1 amide bonds. The summed E-state index contributed by atoms with van der Waals surface area (Å²) in [5.41, 5.74) is 6.42. The van der Waals surface area contributed by atoms with Crippen molar-refractivity contribution in [3.05, 3.63) is 29.8 Å². The molecule has 112 valence electrons. The van der Waals surface area contributed by atoms with Crippen LogP contribution in [0.3, 0.4) is 0 Å². The predicted molar refractivity (Wildman–Crippen MR) is 80.6 cm³/mol. The normalized spacial score (nSPS) is 10.6. The molecule has 0 bridgehead atoms. The summed E-state index contributed by atoms with van der Waals surface area (Å²) in [6.45, 7) is 2.65. The molecule has 1 aromatic rings. The molecule has 20 heavy (non-hydrogen) atoms. The van der Waals surface area contributed by atoms with Gasteiger partial charge >= 0.3 is 0 Å². The van der Waals surface area contributed by atoms with Crippen molar-refractivity contribution in [1.29, 1.82) is 0 Å². The number of rotatable bonds is 9. The second-order valence-electron chi connectivity index (χ2n) is 4.96. The van der Waals surface area contributed by atoms with Gasteiger partial charge in [0.1, 0.15) is 12.4 Å². The quantitative estimate of drug-likeness (QED) is 0.707. The molecule has 1 aromatic carbocycles. The van der Waals surface area contributed by atoms with Gasteiger partial charge in [0.2, 0.25) is 5.91 Å². The molecular formula is C15H25N3O2. The molecule has 0 aliphatic rings. The van der Waals surface area contributed by atoms with E-state index in [0.29, 0.717) is 26.1 Å². The summed E-state index contributed by atoms with van der Waals surface area (Å²) in [5, 5.41) is 2.87. The lowest BCUT2D eigenvalue weighted by atomic mass is 10.2. The van der Waals surface area contributed by atoms with Crippen LogP contribution in [0.15, 0.2) is 24.3 Å². The zero-order chi connectivity index (χ0) is 14.8. The highest BCUT2D eigenvalue weighted by molar-refractivity contribution is 5.75. The molecule has 0 unspecified atom stereocenters. The number of amides is 1. The molecule has 0 saturated heterocycles. The van der Waals surface area contributed by atoms with E-state index in [2.05, 4.69) is 10.2 Å². The average molecular weight is 279 g/mol. The monoisotopic (exact) mass is 279 g/mol. The number of hydrogen-bond donors (Lipinski definition) is 2. The highest BCUT2D eigenvalue weighted by Gasteiger charge is 2.01. The first kappa shape index (κ1) is 16.5. The molecule has 0 heterocycles. The van der Waals surface area contributed by atoms with Gasteiger partial charge in [-0.05, 0) is 44.8 Å². The van der Waals surface area contributed by atoms with E-state index in [-0.39, 0.29) is 5.91 Å². The van der Waals surface area contributed by atoms with Crippen LogP contribution in [0.25, 0.3) is 0 Å². The zero-order valence-corrected chi connectivity index (χ0v) is 12.4. The van der Waals surface area contributed by atoms with E-state index < -0.39 is 0 Å². The molecule has 0 aliphatic carbocycles. The van der Waals surface area contributed by atoms with Gasteiger partial charge < -0.3 is 20.7 Å². The molecule has 0 spiro atoms. The molecule has 5 heteroatoms. The largest absolute Gasteiger partial charge is 0.492 e. The Labute approximate surface area is 121 Å². The van der Waals surface area contributed by atoms with Gasteiger partial charge in [-0.3, -0.25) is 4.79 Å². The van der Waals surface area contributed by atoms with E-state index in [1.165, 1.54) is 0 Å². The van der Waals surface area contributed by atoms with Crippen molar-refractivity contribution in [2.45, 2.75) is 19.4 Å². The third-order valence-electron chi connectivity index (χ3n) is 2.83. The van der Waals surface area contributed by atoms with Crippen molar-refractivity contribution in [3.8, 4) is 5.75 Å². The Kier molecular flexibility index (Phi) is 7.69. The molecule has 3 N–H and O–H groups in total. The van der Waals surface area contributed by atoms with Gasteiger partial charge in [0, 0.05) is 19.5 Å². The maximum absolute atomic E-state index is 11.5. The number of carbonyl (C=O) groups is 1. The van der Waals surface area contributed by atoms with Gasteiger partial charge in [0.25, 0.3) is 0 Å². The zero-order valence-electron chi connectivity index (χ0n) is 12.4. The lowest BCUT2D eigenvalue weighted by molar-refractivity contribution is -0.121. The summed E-state index contributed by atoms with van der Waals surface area (Å²) in [7, 11) is 4.03. The number of nitrogens with zero attached hydrogens (tertiary/aromatic N) is 1. The highest BCUT2D eigenvalue weighted by Crippen LogP contribution is 2.12. The standard InChI is InChI=1S/C15H25N3O2/c1-18(2)10-11-20-14-7-5-13(6-8-14)12-17-15(19)4-3-9-16/h5-8H,3-4,9-12,16H2,1-2H3,(H,17,19). The first-order valence-corrected chi connectivity index (χ1v) is 6.95. The fraction of sp³-hybridized carbons (Fsp3) is 0.533. The first-order chi connectivity index (χ1) is 9.61. The van der Waals surface area contributed by atoms with Crippen LogP contribution in [0, 0.1) is 0 Å². The molecule has 1 rings (SSSR count). The van der Waals surface area contributed by atoms with Crippen molar-refractivity contribution < 1.29 is 9.53 Å². The smallest absolute Gasteiger partial charge is 0.220 e. The Hall–Kier alpha value is -1.59. The van der Waals surface area contributed by atoms with E-state index in [1.54, 1.807) is 0 Å². The Morgan fingerprint density at radius 3 is 2.60 bits per heavy atom. The second-order valence-corrected chi connectivity index (χ2v) is 4.96. The van der Waals surface area contributed by atoms with Gasteiger partial charge in [0.05, 0.1) is 0 Å². The number of ether oxygens (including phenoxy) is 1. The molecule has 0 radical (unpaired) electrons. The minimum atomic E-state index is 0.0433. The predicted octanol–water partition coefficient (Wildman–Crippen LogP) is 0.982. The van der Waals surface area contributed by atoms with Crippen molar-refractivity contribution >= 4 is 5.91 Å². The summed E-state index contributed by atoms with van der Waals surface area (Å²) < 4.78 is 5.61. The van der Waals surface area contributed by atoms with Crippen LogP contribution in [0.2, 0.25) is 0 Å². The SMILES string of the molecule is CN(C)CCOc1ccc(CNC(=O)CCCN)cc1. The topological polar surface area (TPSA) is 67.6 Å². The molecular weight excluding hydrogens is 254 g/mol. The third kappa shape index (κ3) is 7.11. The van der Waals surface area contributed by atoms with Crippen LogP contribution in [-0.2, 0) is 11.3 Å². The number of hydrogen-bond acceptors (Lipinski definition) is 4. The van der Waals surface area contributed by atoms with Crippen molar-refractivity contribution in [1.82, 2.24) is 10.2 Å². The van der Waals surface area contributed by atoms with Crippen LogP contribution in [-0.4, -0.2) is 44.6 Å². The van der Waals surface area contributed by atoms with Crippen LogP contribution >= 0.6 is 0 Å². The maximum Gasteiger partial charge on any atom is 0.220 e. The summed E-state index contributed by atoms with van der Waals surface area (Å²) in [6, 6.07) is 7.79. The average Bonchev–Trinajstić information content (AvgIpc) is 2.44. The molecule has 0 aromatic heterocycles. The van der Waals surface area contributed by atoms with Gasteiger partial charge in [0.15, 0.2) is 0 Å². The number of nitrogens with two attached hydrogens (primary N) is 1. The third-order valence-corrected chi connectivity index (χ3v) is 2.83. The van der Waals surface area contributed by atoms with E-state index >= 15 is 0 Å². The van der Waals surface area contributed by atoms with E-state index in [0.717, 1.165) is 24.3 Å². The minimum absolute atomic E-state index is 0.0433. The molecule has 0 saturated carbocycles. The lowest BCUT2D eigenvalue weighted by Gasteiger charge is -2.11. The Bertz CT molecular complexity index is 391. The highest BCUT2D eigenvalue weighted by atomic mass is 16.5. The molecule has 0 fully saturated rings. The Morgan fingerprint density at radius 2 is 2.00 bits per heavy atom. The van der Waals surface area contributed by atoms with E-state index in [9.17, 15) is 4.79 Å². The van der Waals surface area contributed by atoms with Crippen LogP contribution < -0.4 is 15.8 Å². The first-order valence-electron chi connectivity index (χ1n) is 6.95. The number of benzene rings is 1.